The van der Waals surface area contributed by atoms with Crippen LogP contribution in [0.25, 0.3) is 5.69 Å². The minimum atomic E-state index is -0.315. The van der Waals surface area contributed by atoms with Gasteiger partial charge in [-0.2, -0.15) is 5.10 Å². The Kier molecular flexibility index (Phi) is 8.14. The van der Waals surface area contributed by atoms with E-state index < -0.39 is 0 Å². The van der Waals surface area contributed by atoms with Crippen LogP contribution in [-0.4, -0.2) is 67.0 Å². The number of aromatic nitrogens is 2. The van der Waals surface area contributed by atoms with E-state index in [9.17, 15) is 9.59 Å². The second kappa shape index (κ2) is 10.4. The molecule has 1 heterocycles. The summed E-state index contributed by atoms with van der Waals surface area (Å²) in [5.41, 5.74) is 2.65. The Hall–Kier alpha value is -2.71. The van der Waals surface area contributed by atoms with E-state index in [0.717, 1.165) is 16.9 Å². The van der Waals surface area contributed by atoms with Crippen LogP contribution in [-0.2, 0) is 24.5 Å². The topological polar surface area (TPSA) is 85.7 Å². The zero-order valence-electron chi connectivity index (χ0n) is 18.7. The van der Waals surface area contributed by atoms with E-state index in [1.807, 2.05) is 37.3 Å². The number of nitrogens with one attached hydrogen (secondary N) is 1. The van der Waals surface area contributed by atoms with Gasteiger partial charge in [0.2, 0.25) is 11.8 Å². The van der Waals surface area contributed by atoms with Crippen molar-refractivity contribution in [3.63, 3.8) is 0 Å². The molecule has 30 heavy (non-hydrogen) atoms. The maximum absolute atomic E-state index is 12.8. The Bertz CT molecular complexity index is 853. The molecule has 1 aromatic carbocycles. The number of carbonyl (C=O) groups excluding carboxylic acids is 2. The average Bonchev–Trinajstić information content (AvgIpc) is 3.10. The number of carbonyl (C=O) groups is 2. The number of hydrogen-bond acceptors (Lipinski definition) is 5. The third-order valence-corrected chi connectivity index (χ3v) is 4.54. The second-order valence-electron chi connectivity index (χ2n) is 8.20. The molecule has 8 heteroatoms. The standard InChI is InChI=1S/C22H32N4O4/c1-16-7-9-17(10-8-16)26-19(13-18(24-26)22(2,3)4)23-20(27)14-25(11-12-29-5)21(28)15-30-6/h7-10,13H,11-12,14-15H2,1-6H3,(H,23,27). The molecule has 2 rings (SSSR count). The number of hydrogen-bond donors (Lipinski definition) is 1. The quantitative estimate of drug-likeness (QED) is 0.679. The highest BCUT2D eigenvalue weighted by Gasteiger charge is 2.23. The summed E-state index contributed by atoms with van der Waals surface area (Å²) in [7, 11) is 2.99. The molecule has 0 aliphatic carbocycles. The second-order valence-corrected chi connectivity index (χ2v) is 8.20. The van der Waals surface area contributed by atoms with E-state index in [1.54, 1.807) is 11.8 Å². The van der Waals surface area contributed by atoms with Crippen LogP contribution in [0.2, 0.25) is 0 Å². The van der Waals surface area contributed by atoms with Crippen molar-refractivity contribution in [2.45, 2.75) is 33.1 Å². The first-order valence-electron chi connectivity index (χ1n) is 9.88. The predicted molar refractivity (Wildman–Crippen MR) is 116 cm³/mol. The van der Waals surface area contributed by atoms with Gasteiger partial charge in [-0.05, 0) is 19.1 Å². The van der Waals surface area contributed by atoms with E-state index in [-0.39, 0.29) is 30.4 Å². The molecule has 0 saturated carbocycles. The van der Waals surface area contributed by atoms with Crippen molar-refractivity contribution >= 4 is 17.6 Å². The molecule has 0 radical (unpaired) electrons. The van der Waals surface area contributed by atoms with Gasteiger partial charge >= 0.3 is 0 Å². The van der Waals surface area contributed by atoms with Gasteiger partial charge in [-0.1, -0.05) is 38.5 Å². The monoisotopic (exact) mass is 416 g/mol. The zero-order chi connectivity index (χ0) is 22.3. The third kappa shape index (κ3) is 6.40. The SMILES string of the molecule is COCCN(CC(=O)Nc1cc(C(C)(C)C)nn1-c1ccc(C)cc1)C(=O)COC. The average molecular weight is 417 g/mol. The van der Waals surface area contributed by atoms with Crippen LogP contribution in [0, 0.1) is 6.92 Å². The molecular weight excluding hydrogens is 384 g/mol. The van der Waals surface area contributed by atoms with Gasteiger partial charge in [-0.15, -0.1) is 0 Å². The first kappa shape index (κ1) is 23.6. The fourth-order valence-corrected chi connectivity index (χ4v) is 2.78. The summed E-state index contributed by atoms with van der Waals surface area (Å²) in [6, 6.07) is 9.77. The van der Waals surface area contributed by atoms with Crippen LogP contribution in [0.4, 0.5) is 5.82 Å². The molecule has 2 amide bonds. The van der Waals surface area contributed by atoms with E-state index in [1.165, 1.54) is 12.0 Å². The summed E-state index contributed by atoms with van der Waals surface area (Å²) in [6.07, 6.45) is 0. The number of ether oxygens (including phenoxy) is 2. The van der Waals surface area contributed by atoms with Crippen LogP contribution >= 0.6 is 0 Å². The molecular formula is C22H32N4O4. The van der Waals surface area contributed by atoms with Crippen molar-refractivity contribution in [3.05, 3.63) is 41.6 Å². The highest BCUT2D eigenvalue weighted by molar-refractivity contribution is 5.94. The van der Waals surface area contributed by atoms with E-state index in [4.69, 9.17) is 14.6 Å². The number of nitrogens with zero attached hydrogens (tertiary/aromatic N) is 3. The minimum Gasteiger partial charge on any atom is -0.383 e. The van der Waals surface area contributed by atoms with Crippen LogP contribution in [0.1, 0.15) is 32.0 Å². The third-order valence-electron chi connectivity index (χ3n) is 4.54. The Morgan fingerprint density at radius 3 is 2.37 bits per heavy atom. The van der Waals surface area contributed by atoms with E-state index in [2.05, 4.69) is 26.1 Å². The summed E-state index contributed by atoms with van der Waals surface area (Å²) in [5, 5.41) is 7.62. The molecule has 0 bridgehead atoms. The minimum absolute atomic E-state index is 0.0908. The lowest BCUT2D eigenvalue weighted by Crippen LogP contribution is -2.41. The molecule has 1 aromatic heterocycles. The fourth-order valence-electron chi connectivity index (χ4n) is 2.78. The molecule has 2 aromatic rings. The lowest BCUT2D eigenvalue weighted by atomic mass is 9.92. The van der Waals surface area contributed by atoms with Crippen molar-refractivity contribution in [2.24, 2.45) is 0 Å². The van der Waals surface area contributed by atoms with Gasteiger partial charge in [0.15, 0.2) is 0 Å². The number of amides is 2. The highest BCUT2D eigenvalue weighted by atomic mass is 16.5. The molecule has 0 fully saturated rings. The summed E-state index contributed by atoms with van der Waals surface area (Å²) >= 11 is 0. The number of aryl methyl sites for hydroxylation is 1. The number of rotatable bonds is 9. The van der Waals surface area contributed by atoms with Gasteiger partial charge in [0.25, 0.3) is 0 Å². The van der Waals surface area contributed by atoms with Crippen LogP contribution in [0.5, 0.6) is 0 Å². The molecule has 1 N–H and O–H groups in total. The largest absolute Gasteiger partial charge is 0.383 e. The van der Waals surface area contributed by atoms with Crippen LogP contribution in [0.3, 0.4) is 0 Å². The smallest absolute Gasteiger partial charge is 0.249 e. The summed E-state index contributed by atoms with van der Waals surface area (Å²) < 4.78 is 11.7. The molecule has 0 atom stereocenters. The van der Waals surface area contributed by atoms with Gasteiger partial charge in [0, 0.05) is 32.2 Å². The van der Waals surface area contributed by atoms with Crippen LogP contribution in [0.15, 0.2) is 30.3 Å². The van der Waals surface area contributed by atoms with Crippen molar-refractivity contribution in [3.8, 4) is 5.69 Å². The summed E-state index contributed by atoms with van der Waals surface area (Å²) in [4.78, 5) is 26.4. The zero-order valence-corrected chi connectivity index (χ0v) is 18.7. The van der Waals surface area contributed by atoms with Gasteiger partial charge in [-0.3, -0.25) is 9.59 Å². The first-order chi connectivity index (χ1) is 14.2. The molecule has 164 valence electrons. The van der Waals surface area contributed by atoms with Gasteiger partial charge in [0.1, 0.15) is 19.0 Å². The van der Waals surface area contributed by atoms with Crippen molar-refractivity contribution < 1.29 is 19.1 Å². The van der Waals surface area contributed by atoms with Crippen LogP contribution < -0.4 is 5.32 Å². The van der Waals surface area contributed by atoms with Crippen molar-refractivity contribution in [1.29, 1.82) is 0 Å². The van der Waals surface area contributed by atoms with Gasteiger partial charge in [0.05, 0.1) is 18.0 Å². The molecule has 8 nitrogen and oxygen atoms in total. The Morgan fingerprint density at radius 1 is 1.13 bits per heavy atom. The predicted octanol–water partition coefficient (Wildman–Crippen LogP) is 2.54. The maximum Gasteiger partial charge on any atom is 0.249 e. The number of benzene rings is 1. The molecule has 0 unspecified atom stereocenters. The fraction of sp³-hybridized carbons (Fsp3) is 0.500. The number of methoxy groups -OCH3 is 2. The van der Waals surface area contributed by atoms with Gasteiger partial charge in [-0.25, -0.2) is 4.68 Å². The highest BCUT2D eigenvalue weighted by Crippen LogP contribution is 2.26. The molecule has 0 aliphatic rings. The summed E-state index contributed by atoms with van der Waals surface area (Å²) in [5.74, 6) is -0.0314. The molecule has 0 aliphatic heterocycles. The lowest BCUT2D eigenvalue weighted by molar-refractivity contribution is -0.138. The van der Waals surface area contributed by atoms with Crippen molar-refractivity contribution in [2.75, 3.05) is 45.8 Å². The Labute approximate surface area is 178 Å². The van der Waals surface area contributed by atoms with E-state index in [0.29, 0.717) is 19.0 Å². The molecule has 0 saturated heterocycles. The Balaban J connectivity index is 2.26. The first-order valence-corrected chi connectivity index (χ1v) is 9.88. The van der Waals surface area contributed by atoms with E-state index >= 15 is 0 Å². The summed E-state index contributed by atoms with van der Waals surface area (Å²) in [6.45, 7) is 8.65. The van der Waals surface area contributed by atoms with Gasteiger partial charge < -0.3 is 19.7 Å². The molecule has 0 spiro atoms. The number of anilines is 1. The lowest BCUT2D eigenvalue weighted by Gasteiger charge is -2.21. The normalized spacial score (nSPS) is 11.4. The van der Waals surface area contributed by atoms with Crippen molar-refractivity contribution in [1.82, 2.24) is 14.7 Å². The Morgan fingerprint density at radius 2 is 1.80 bits per heavy atom. The maximum atomic E-state index is 12.8.